The Morgan fingerprint density at radius 1 is 1.53 bits per heavy atom. The molecule has 3 rings (SSSR count). The second-order valence-electron chi connectivity index (χ2n) is 4.26. The van der Waals surface area contributed by atoms with E-state index in [0.29, 0.717) is 5.92 Å². The molecule has 0 saturated heterocycles. The smallest absolute Gasteiger partial charge is 0.151 e. The van der Waals surface area contributed by atoms with Gasteiger partial charge in [0.1, 0.15) is 6.17 Å². The first-order valence-electron chi connectivity index (χ1n) is 5.29. The molecule has 2 atom stereocenters. The van der Waals surface area contributed by atoms with E-state index in [-0.39, 0.29) is 18.7 Å². The van der Waals surface area contributed by atoms with Crippen LogP contribution in [0.25, 0.3) is 0 Å². The van der Waals surface area contributed by atoms with Crippen LogP contribution in [0, 0.1) is 5.92 Å². The number of fused-ring (bicyclic) bond motifs is 1. The highest BCUT2D eigenvalue weighted by molar-refractivity contribution is 5.67. The molecule has 1 aromatic heterocycles. The highest BCUT2D eigenvalue weighted by atomic mass is 16.3. The van der Waals surface area contributed by atoms with Crippen LogP contribution in [0.4, 0.5) is 5.82 Å². The molecule has 1 aliphatic heterocycles. The van der Waals surface area contributed by atoms with Gasteiger partial charge >= 0.3 is 0 Å². The van der Waals surface area contributed by atoms with Gasteiger partial charge in [-0.05, 0) is 12.8 Å². The van der Waals surface area contributed by atoms with Crippen molar-refractivity contribution in [2.24, 2.45) is 16.6 Å². The van der Waals surface area contributed by atoms with Crippen molar-refractivity contribution >= 4 is 12.0 Å². The first-order chi connectivity index (χ1) is 7.29. The Bertz CT molecular complexity index is 408. The maximum atomic E-state index is 9.10. The normalized spacial score (nSPS) is 29.2. The van der Waals surface area contributed by atoms with Gasteiger partial charge in [0.05, 0.1) is 18.2 Å². The monoisotopic (exact) mass is 206 g/mol. The maximum Gasteiger partial charge on any atom is 0.151 e. The Kier molecular flexibility index (Phi) is 1.90. The molecule has 5 nitrogen and oxygen atoms in total. The predicted molar refractivity (Wildman–Crippen MR) is 56.2 cm³/mol. The predicted octanol–water partition coefficient (Wildman–Crippen LogP) is 0.542. The molecule has 3 N–H and O–H groups in total. The van der Waals surface area contributed by atoms with E-state index >= 15 is 0 Å². The Morgan fingerprint density at radius 3 is 3.00 bits per heavy atom. The number of aromatic nitrogens is 2. The minimum absolute atomic E-state index is 0.0166. The summed E-state index contributed by atoms with van der Waals surface area (Å²) in [4.78, 5) is 4.26. The molecule has 1 fully saturated rings. The average molecular weight is 206 g/mol. The summed E-state index contributed by atoms with van der Waals surface area (Å²) in [5.74, 6) is 1.30. The zero-order chi connectivity index (χ0) is 10.4. The quantitative estimate of drug-likeness (QED) is 0.741. The third-order valence-corrected chi connectivity index (χ3v) is 3.06. The van der Waals surface area contributed by atoms with Gasteiger partial charge in [-0.15, -0.1) is 0 Å². The summed E-state index contributed by atoms with van der Waals surface area (Å²) in [5, 5.41) is 13.6. The van der Waals surface area contributed by atoms with Crippen molar-refractivity contribution in [3.8, 4) is 0 Å². The van der Waals surface area contributed by atoms with Gasteiger partial charge in [0, 0.05) is 18.2 Å². The molecular weight excluding hydrogens is 192 g/mol. The highest BCUT2D eigenvalue weighted by Crippen LogP contribution is 2.41. The summed E-state index contributed by atoms with van der Waals surface area (Å²) in [7, 11) is 0. The molecule has 15 heavy (non-hydrogen) atoms. The summed E-state index contributed by atoms with van der Waals surface area (Å²) < 4.78 is 1.73. The first kappa shape index (κ1) is 9.06. The van der Waals surface area contributed by atoms with Gasteiger partial charge in [0.25, 0.3) is 0 Å². The number of hydrogen-bond acceptors (Lipinski definition) is 4. The Hall–Kier alpha value is -1.20. The number of aliphatic hydroxyl groups excluding tert-OH is 1. The number of aliphatic hydroxyl groups is 1. The lowest BCUT2D eigenvalue weighted by Crippen LogP contribution is -2.33. The van der Waals surface area contributed by atoms with Gasteiger partial charge < -0.3 is 10.8 Å². The van der Waals surface area contributed by atoms with Crippen molar-refractivity contribution in [1.29, 1.82) is 0 Å². The summed E-state index contributed by atoms with van der Waals surface area (Å²) in [6.45, 7) is 0.0166. The van der Waals surface area contributed by atoms with E-state index in [9.17, 15) is 0 Å². The van der Waals surface area contributed by atoms with E-state index in [1.54, 1.807) is 10.9 Å². The highest BCUT2D eigenvalue weighted by Gasteiger charge is 2.30. The van der Waals surface area contributed by atoms with Crippen LogP contribution in [0.15, 0.2) is 11.1 Å². The number of hydrogen-bond donors (Lipinski definition) is 2. The molecule has 0 amide bonds. The molecule has 2 aliphatic rings. The Morgan fingerprint density at radius 2 is 2.33 bits per heavy atom. The van der Waals surface area contributed by atoms with E-state index < -0.39 is 0 Å². The van der Waals surface area contributed by atoms with Crippen LogP contribution >= 0.6 is 0 Å². The Labute approximate surface area is 87.6 Å². The fourth-order valence-corrected chi connectivity index (χ4v) is 1.89. The van der Waals surface area contributed by atoms with E-state index in [1.807, 2.05) is 6.07 Å². The average Bonchev–Trinajstić information content (AvgIpc) is 2.99. The SMILES string of the molecule is NC1C(CO)C=Nc2cc(C3CC3)nn21. The van der Waals surface area contributed by atoms with Gasteiger partial charge in [-0.1, -0.05) is 0 Å². The number of nitrogens with zero attached hydrogens (tertiary/aromatic N) is 3. The van der Waals surface area contributed by atoms with Crippen LogP contribution in [-0.2, 0) is 0 Å². The van der Waals surface area contributed by atoms with Crippen LogP contribution in [0.1, 0.15) is 30.6 Å². The zero-order valence-electron chi connectivity index (χ0n) is 8.37. The van der Waals surface area contributed by atoms with Crippen LogP contribution in [0.5, 0.6) is 0 Å². The van der Waals surface area contributed by atoms with E-state index in [4.69, 9.17) is 10.8 Å². The van der Waals surface area contributed by atoms with E-state index in [1.165, 1.54) is 12.8 Å². The second kappa shape index (κ2) is 3.15. The van der Waals surface area contributed by atoms with E-state index in [2.05, 4.69) is 10.1 Å². The fraction of sp³-hybridized carbons (Fsp3) is 0.600. The van der Waals surface area contributed by atoms with Crippen molar-refractivity contribution in [3.05, 3.63) is 11.8 Å². The third-order valence-electron chi connectivity index (χ3n) is 3.06. The molecule has 0 radical (unpaired) electrons. The molecule has 2 heterocycles. The number of nitrogens with two attached hydrogens (primary N) is 1. The topological polar surface area (TPSA) is 76.4 Å². The van der Waals surface area contributed by atoms with Gasteiger partial charge in [0.15, 0.2) is 5.82 Å². The van der Waals surface area contributed by atoms with Gasteiger partial charge in [-0.3, -0.25) is 0 Å². The minimum Gasteiger partial charge on any atom is -0.396 e. The lowest BCUT2D eigenvalue weighted by Gasteiger charge is -2.23. The molecule has 5 heteroatoms. The molecule has 2 unspecified atom stereocenters. The van der Waals surface area contributed by atoms with Gasteiger partial charge in [0.2, 0.25) is 0 Å². The third kappa shape index (κ3) is 1.39. The molecule has 1 saturated carbocycles. The largest absolute Gasteiger partial charge is 0.396 e. The maximum absolute atomic E-state index is 9.10. The van der Waals surface area contributed by atoms with Crippen LogP contribution in [-0.4, -0.2) is 27.7 Å². The van der Waals surface area contributed by atoms with Crippen molar-refractivity contribution in [1.82, 2.24) is 9.78 Å². The van der Waals surface area contributed by atoms with Gasteiger partial charge in [-0.25, -0.2) is 9.67 Å². The van der Waals surface area contributed by atoms with Crippen LogP contribution in [0.3, 0.4) is 0 Å². The summed E-state index contributed by atoms with van der Waals surface area (Å²) in [5.41, 5.74) is 7.08. The van der Waals surface area contributed by atoms with E-state index in [0.717, 1.165) is 11.5 Å². The minimum atomic E-state index is -0.282. The molecule has 1 aliphatic carbocycles. The van der Waals surface area contributed by atoms with Crippen molar-refractivity contribution in [3.63, 3.8) is 0 Å². The van der Waals surface area contributed by atoms with Crippen molar-refractivity contribution in [2.75, 3.05) is 6.61 Å². The van der Waals surface area contributed by atoms with Crippen molar-refractivity contribution in [2.45, 2.75) is 24.9 Å². The summed E-state index contributed by atoms with van der Waals surface area (Å²) in [6, 6.07) is 2.00. The number of aliphatic imine (C=N–C) groups is 1. The molecule has 0 spiro atoms. The first-order valence-corrected chi connectivity index (χ1v) is 5.29. The lowest BCUT2D eigenvalue weighted by molar-refractivity contribution is 0.216. The van der Waals surface area contributed by atoms with Crippen LogP contribution in [0.2, 0.25) is 0 Å². The Balaban J connectivity index is 1.97. The number of rotatable bonds is 2. The zero-order valence-corrected chi connectivity index (χ0v) is 8.37. The second-order valence-corrected chi connectivity index (χ2v) is 4.26. The molecule has 0 bridgehead atoms. The molecule has 0 aromatic carbocycles. The standard InChI is InChI=1S/C10H14N4O/c11-10-7(5-15)4-12-9-3-8(6-1-2-6)13-14(9)10/h3-4,6-7,10,15H,1-2,5,11H2. The fourth-order valence-electron chi connectivity index (χ4n) is 1.89. The lowest BCUT2D eigenvalue weighted by atomic mass is 10.1. The summed E-state index contributed by atoms with van der Waals surface area (Å²) >= 11 is 0. The molecule has 1 aromatic rings. The van der Waals surface area contributed by atoms with Gasteiger partial charge in [-0.2, -0.15) is 5.10 Å². The molecular formula is C10H14N4O. The summed E-state index contributed by atoms with van der Waals surface area (Å²) in [6.07, 6.45) is 3.88. The van der Waals surface area contributed by atoms with Crippen LogP contribution < -0.4 is 5.73 Å². The van der Waals surface area contributed by atoms with Crippen molar-refractivity contribution < 1.29 is 5.11 Å². The molecule has 80 valence electrons.